The highest BCUT2D eigenvalue weighted by molar-refractivity contribution is 7.91. The van der Waals surface area contributed by atoms with Crippen molar-refractivity contribution < 1.29 is 17.7 Å². The molecule has 1 saturated heterocycles. The van der Waals surface area contributed by atoms with E-state index in [-0.39, 0.29) is 29.1 Å². The second kappa shape index (κ2) is 8.67. The summed E-state index contributed by atoms with van der Waals surface area (Å²) in [7, 11) is -3.14. The van der Waals surface area contributed by atoms with Gasteiger partial charge in [0.25, 0.3) is 5.91 Å². The van der Waals surface area contributed by atoms with E-state index in [1.165, 1.54) is 5.56 Å². The zero-order valence-electron chi connectivity index (χ0n) is 17.7. The van der Waals surface area contributed by atoms with E-state index >= 15 is 0 Å². The summed E-state index contributed by atoms with van der Waals surface area (Å²) >= 11 is 0. The van der Waals surface area contributed by atoms with Crippen molar-refractivity contribution in [1.82, 2.24) is 10.1 Å². The van der Waals surface area contributed by atoms with Crippen LogP contribution in [0.1, 0.15) is 47.8 Å². The zero-order chi connectivity index (χ0) is 22.0. The normalized spacial score (nSPS) is 17.7. The van der Waals surface area contributed by atoms with Crippen molar-refractivity contribution in [2.24, 2.45) is 0 Å². The molecule has 1 amide bonds. The van der Waals surface area contributed by atoms with E-state index in [1.54, 1.807) is 11.0 Å². The van der Waals surface area contributed by atoms with Gasteiger partial charge in [0.2, 0.25) is 0 Å². The number of aromatic nitrogens is 1. The fourth-order valence-corrected chi connectivity index (χ4v) is 5.58. The fraction of sp³-hybridized carbons (Fsp3) is 0.333. The zero-order valence-corrected chi connectivity index (χ0v) is 18.5. The molecule has 0 unspecified atom stereocenters. The molecule has 0 saturated carbocycles. The van der Waals surface area contributed by atoms with Gasteiger partial charge in [0.15, 0.2) is 21.3 Å². The third-order valence-corrected chi connectivity index (χ3v) is 7.45. The third-order valence-electron chi connectivity index (χ3n) is 5.70. The monoisotopic (exact) mass is 438 g/mol. The first-order valence-electron chi connectivity index (χ1n) is 10.4. The smallest absolute Gasteiger partial charge is 0.276 e. The highest BCUT2D eigenvalue weighted by Crippen LogP contribution is 2.25. The molecule has 1 aliphatic rings. The predicted molar refractivity (Wildman–Crippen MR) is 119 cm³/mol. The quantitative estimate of drug-likeness (QED) is 0.573. The largest absolute Gasteiger partial charge is 0.355 e. The van der Waals surface area contributed by atoms with Crippen LogP contribution in [0.2, 0.25) is 0 Å². The first-order chi connectivity index (χ1) is 14.8. The van der Waals surface area contributed by atoms with Gasteiger partial charge in [-0.15, -0.1) is 0 Å². The van der Waals surface area contributed by atoms with Crippen molar-refractivity contribution in [3.8, 4) is 11.3 Å². The summed E-state index contributed by atoms with van der Waals surface area (Å²) < 4.78 is 29.6. The SMILES string of the molecule is CC(C)c1ccc(CN(C(=O)c2cc(-c3ccccc3)on2)[C@H]2CCS(=O)(=O)C2)cc1. The Labute approximate surface area is 182 Å². The van der Waals surface area contributed by atoms with Gasteiger partial charge in [-0.2, -0.15) is 0 Å². The van der Waals surface area contributed by atoms with Crippen LogP contribution in [0.15, 0.2) is 65.2 Å². The molecular formula is C24H26N2O4S. The summed E-state index contributed by atoms with van der Waals surface area (Å²) in [5.74, 6) is 0.678. The maximum absolute atomic E-state index is 13.4. The molecule has 0 aliphatic carbocycles. The molecule has 1 aromatic heterocycles. The Kier molecular flexibility index (Phi) is 5.96. The van der Waals surface area contributed by atoms with Crippen LogP contribution in [-0.4, -0.2) is 41.9 Å². The maximum atomic E-state index is 13.4. The lowest BCUT2D eigenvalue weighted by Gasteiger charge is -2.27. The molecule has 0 bridgehead atoms. The lowest BCUT2D eigenvalue weighted by atomic mass is 10.0. The van der Waals surface area contributed by atoms with E-state index in [4.69, 9.17) is 4.52 Å². The van der Waals surface area contributed by atoms with Crippen molar-refractivity contribution in [3.05, 3.63) is 77.5 Å². The summed E-state index contributed by atoms with van der Waals surface area (Å²) in [4.78, 5) is 15.0. The minimum Gasteiger partial charge on any atom is -0.355 e. The summed E-state index contributed by atoms with van der Waals surface area (Å²) in [6.45, 7) is 4.58. The number of carbonyl (C=O) groups excluding carboxylic acids is 1. The summed E-state index contributed by atoms with van der Waals surface area (Å²) in [6.07, 6.45) is 0.432. The van der Waals surface area contributed by atoms with Crippen LogP contribution in [0, 0.1) is 0 Å². The van der Waals surface area contributed by atoms with Gasteiger partial charge < -0.3 is 9.42 Å². The molecular weight excluding hydrogens is 412 g/mol. The van der Waals surface area contributed by atoms with Crippen LogP contribution in [0.3, 0.4) is 0 Å². The van der Waals surface area contributed by atoms with Gasteiger partial charge in [0.05, 0.1) is 11.5 Å². The number of nitrogens with zero attached hydrogens (tertiary/aromatic N) is 2. The van der Waals surface area contributed by atoms with Crippen LogP contribution in [-0.2, 0) is 16.4 Å². The molecule has 3 aromatic rings. The van der Waals surface area contributed by atoms with Crippen molar-refractivity contribution in [2.45, 2.75) is 38.8 Å². The average Bonchev–Trinajstić information content (AvgIpc) is 3.39. The second-order valence-corrected chi connectivity index (χ2v) is 10.6. The number of sulfone groups is 1. The molecule has 31 heavy (non-hydrogen) atoms. The molecule has 4 rings (SSSR count). The number of hydrogen-bond donors (Lipinski definition) is 0. The molecule has 2 aromatic carbocycles. The van der Waals surface area contributed by atoms with Crippen molar-refractivity contribution >= 4 is 15.7 Å². The van der Waals surface area contributed by atoms with E-state index in [0.717, 1.165) is 11.1 Å². The number of benzene rings is 2. The van der Waals surface area contributed by atoms with Gasteiger partial charge in [0.1, 0.15) is 0 Å². The summed E-state index contributed by atoms with van der Waals surface area (Å²) in [5.41, 5.74) is 3.18. The van der Waals surface area contributed by atoms with E-state index < -0.39 is 9.84 Å². The molecule has 7 heteroatoms. The van der Waals surface area contributed by atoms with Gasteiger partial charge in [-0.25, -0.2) is 8.42 Å². The Morgan fingerprint density at radius 1 is 1.13 bits per heavy atom. The molecule has 1 fully saturated rings. The Balaban J connectivity index is 1.61. The molecule has 2 heterocycles. The molecule has 0 N–H and O–H groups in total. The van der Waals surface area contributed by atoms with E-state index in [0.29, 0.717) is 24.6 Å². The minimum absolute atomic E-state index is 0.0216. The van der Waals surface area contributed by atoms with Crippen LogP contribution >= 0.6 is 0 Å². The Hall–Kier alpha value is -2.93. The van der Waals surface area contributed by atoms with Crippen LogP contribution in [0.25, 0.3) is 11.3 Å². The molecule has 0 radical (unpaired) electrons. The van der Waals surface area contributed by atoms with Gasteiger partial charge in [-0.05, 0) is 23.5 Å². The van der Waals surface area contributed by atoms with Crippen LogP contribution < -0.4 is 0 Å². The summed E-state index contributed by atoms with van der Waals surface area (Å²) in [5, 5.41) is 3.98. The topological polar surface area (TPSA) is 80.5 Å². The lowest BCUT2D eigenvalue weighted by Crippen LogP contribution is -2.40. The Bertz CT molecular complexity index is 1150. The van der Waals surface area contributed by atoms with Crippen LogP contribution in [0.4, 0.5) is 0 Å². The number of rotatable bonds is 6. The first-order valence-corrected chi connectivity index (χ1v) is 12.3. The van der Waals surface area contributed by atoms with Crippen molar-refractivity contribution in [3.63, 3.8) is 0 Å². The fourth-order valence-electron chi connectivity index (χ4n) is 3.85. The second-order valence-electron chi connectivity index (χ2n) is 8.33. The average molecular weight is 439 g/mol. The van der Waals surface area contributed by atoms with Gasteiger partial charge in [0, 0.05) is 24.2 Å². The Morgan fingerprint density at radius 3 is 2.45 bits per heavy atom. The highest BCUT2D eigenvalue weighted by atomic mass is 32.2. The molecule has 1 atom stereocenters. The standard InChI is InChI=1S/C24H26N2O4S/c1-17(2)19-10-8-18(9-11-19)15-26(21-12-13-31(28,29)16-21)24(27)22-14-23(30-25-22)20-6-4-3-5-7-20/h3-11,14,17,21H,12-13,15-16H2,1-2H3/t21-/m0/s1. The highest BCUT2D eigenvalue weighted by Gasteiger charge is 2.36. The third kappa shape index (κ3) is 4.88. The molecule has 0 spiro atoms. The minimum atomic E-state index is -3.14. The van der Waals surface area contributed by atoms with Crippen molar-refractivity contribution in [2.75, 3.05) is 11.5 Å². The van der Waals surface area contributed by atoms with E-state index in [9.17, 15) is 13.2 Å². The van der Waals surface area contributed by atoms with Gasteiger partial charge in [-0.3, -0.25) is 4.79 Å². The molecule has 162 valence electrons. The van der Waals surface area contributed by atoms with E-state index in [2.05, 4.69) is 31.1 Å². The van der Waals surface area contributed by atoms with Gasteiger partial charge >= 0.3 is 0 Å². The first kappa shape index (κ1) is 21.3. The van der Waals surface area contributed by atoms with Gasteiger partial charge in [-0.1, -0.05) is 73.6 Å². The summed E-state index contributed by atoms with van der Waals surface area (Å²) in [6, 6.07) is 18.8. The Morgan fingerprint density at radius 2 is 1.84 bits per heavy atom. The lowest BCUT2D eigenvalue weighted by molar-refractivity contribution is 0.0670. The maximum Gasteiger partial charge on any atom is 0.276 e. The molecule has 1 aliphatic heterocycles. The predicted octanol–water partition coefficient (Wildman–Crippen LogP) is 4.29. The number of carbonyl (C=O) groups is 1. The number of amides is 1. The van der Waals surface area contributed by atoms with E-state index in [1.807, 2.05) is 42.5 Å². The molecule has 6 nitrogen and oxygen atoms in total. The van der Waals surface area contributed by atoms with Crippen molar-refractivity contribution in [1.29, 1.82) is 0 Å². The number of hydrogen-bond acceptors (Lipinski definition) is 5. The van der Waals surface area contributed by atoms with Crippen LogP contribution in [0.5, 0.6) is 0 Å².